The minimum absolute atomic E-state index is 0.0663. The van der Waals surface area contributed by atoms with Crippen LogP contribution in [-0.4, -0.2) is 43.3 Å². The van der Waals surface area contributed by atoms with Gasteiger partial charge < -0.3 is 24.6 Å². The Morgan fingerprint density at radius 1 is 1.06 bits per heavy atom. The topological polar surface area (TPSA) is 107 Å². The van der Waals surface area contributed by atoms with Crippen molar-refractivity contribution in [2.75, 3.05) is 26.6 Å². The fourth-order valence-corrected chi connectivity index (χ4v) is 3.39. The molecule has 2 N–H and O–H groups in total. The van der Waals surface area contributed by atoms with Gasteiger partial charge in [-0.15, -0.1) is 0 Å². The number of hydrogen-bond donors (Lipinski definition) is 2. The van der Waals surface area contributed by atoms with E-state index in [1.165, 1.54) is 39.5 Å². The lowest BCUT2D eigenvalue weighted by atomic mass is 9.90. The molecule has 0 radical (unpaired) electrons. The first kappa shape index (κ1) is 24.0. The molecule has 168 valence electrons. The van der Waals surface area contributed by atoms with Crippen molar-refractivity contribution >= 4 is 17.6 Å². The largest absolute Gasteiger partial charge is 0.495 e. The molecule has 2 rings (SSSR count). The van der Waals surface area contributed by atoms with Gasteiger partial charge in [0.05, 0.1) is 32.6 Å². The van der Waals surface area contributed by atoms with Gasteiger partial charge in [-0.25, -0.2) is 4.79 Å². The zero-order valence-electron chi connectivity index (χ0n) is 18.4. The molecule has 1 atom stereocenters. The number of nitrogens with zero attached hydrogens (tertiary/aromatic N) is 1. The van der Waals surface area contributed by atoms with Crippen molar-refractivity contribution in [3.63, 3.8) is 0 Å². The number of hydrogen-bond acceptors (Lipinski definition) is 6. The van der Waals surface area contributed by atoms with E-state index in [2.05, 4.69) is 17.2 Å². The van der Waals surface area contributed by atoms with Gasteiger partial charge in [0, 0.05) is 18.1 Å². The molecule has 0 spiro atoms. The molecule has 0 aliphatic carbocycles. The summed E-state index contributed by atoms with van der Waals surface area (Å²) in [4.78, 5) is 28.5. The molecule has 2 aromatic rings. The molecule has 31 heavy (non-hydrogen) atoms. The number of carbonyl (C=O) groups is 2. The molecule has 0 fully saturated rings. The third-order valence-corrected chi connectivity index (χ3v) is 5.01. The summed E-state index contributed by atoms with van der Waals surface area (Å²) < 4.78 is 15.9. The summed E-state index contributed by atoms with van der Waals surface area (Å²) >= 11 is 0. The van der Waals surface area contributed by atoms with Crippen molar-refractivity contribution in [3.05, 3.63) is 41.5 Å². The van der Waals surface area contributed by atoms with Gasteiger partial charge >= 0.3 is 5.97 Å². The Balaban J connectivity index is 2.26. The van der Waals surface area contributed by atoms with Gasteiger partial charge in [-0.3, -0.25) is 4.79 Å². The normalized spacial score (nSPS) is 11.5. The maximum atomic E-state index is 12.9. The Labute approximate surface area is 182 Å². The van der Waals surface area contributed by atoms with Crippen LogP contribution in [0.15, 0.2) is 30.3 Å². The first-order valence-electron chi connectivity index (χ1n) is 10.2. The van der Waals surface area contributed by atoms with Crippen LogP contribution in [0.4, 0.5) is 5.69 Å². The van der Waals surface area contributed by atoms with E-state index in [0.717, 1.165) is 31.2 Å². The fraction of sp³-hybridized carbons (Fsp3) is 0.435. The second-order valence-electron chi connectivity index (χ2n) is 7.12. The lowest BCUT2D eigenvalue weighted by molar-refractivity contribution is -0.116. The molecule has 8 nitrogen and oxygen atoms in total. The summed E-state index contributed by atoms with van der Waals surface area (Å²) in [7, 11) is 4.54. The highest BCUT2D eigenvalue weighted by Gasteiger charge is 2.22. The van der Waals surface area contributed by atoms with Crippen molar-refractivity contribution in [1.82, 2.24) is 4.98 Å². The van der Waals surface area contributed by atoms with Crippen LogP contribution in [0.2, 0.25) is 0 Å². The first-order valence-corrected chi connectivity index (χ1v) is 10.2. The summed E-state index contributed by atoms with van der Waals surface area (Å²) in [5.41, 5.74) is 1.22. The number of unbranched alkanes of at least 4 members (excludes halogenated alkanes) is 2. The Morgan fingerprint density at radius 3 is 2.45 bits per heavy atom. The molecule has 0 aliphatic heterocycles. The quantitative estimate of drug-likeness (QED) is 0.478. The number of ether oxygens (including phenoxy) is 3. The number of carboxylic acids is 1. The van der Waals surface area contributed by atoms with Crippen molar-refractivity contribution in [1.29, 1.82) is 0 Å². The third-order valence-electron chi connectivity index (χ3n) is 5.01. The Morgan fingerprint density at radius 2 is 1.84 bits per heavy atom. The summed E-state index contributed by atoms with van der Waals surface area (Å²) in [5, 5.41) is 12.0. The molecule has 0 bridgehead atoms. The number of benzene rings is 1. The van der Waals surface area contributed by atoms with Crippen LogP contribution in [-0.2, 0) is 4.79 Å². The van der Waals surface area contributed by atoms with Crippen LogP contribution in [0.25, 0.3) is 0 Å². The van der Waals surface area contributed by atoms with E-state index in [1.54, 1.807) is 6.07 Å². The molecular formula is C23H30N2O6. The number of pyridine rings is 1. The van der Waals surface area contributed by atoms with Gasteiger partial charge in [-0.1, -0.05) is 26.2 Å². The predicted octanol–water partition coefficient (Wildman–Crippen LogP) is 4.50. The Kier molecular flexibility index (Phi) is 9.12. The highest BCUT2D eigenvalue weighted by Crippen LogP contribution is 2.34. The lowest BCUT2D eigenvalue weighted by Crippen LogP contribution is -2.17. The molecule has 1 aromatic carbocycles. The minimum Gasteiger partial charge on any atom is -0.495 e. The summed E-state index contributed by atoms with van der Waals surface area (Å²) in [6.45, 7) is 2.12. The van der Waals surface area contributed by atoms with E-state index in [0.29, 0.717) is 23.2 Å². The molecule has 0 saturated heterocycles. The first-order chi connectivity index (χ1) is 14.9. The molecule has 0 aliphatic rings. The number of carboxylic acid groups (broad SMARTS) is 1. The Bertz CT molecular complexity index is 900. The fourth-order valence-electron chi connectivity index (χ4n) is 3.39. The maximum absolute atomic E-state index is 12.9. The second kappa shape index (κ2) is 11.8. The molecule has 1 unspecified atom stereocenters. The average molecular weight is 431 g/mol. The summed E-state index contributed by atoms with van der Waals surface area (Å²) in [6.07, 6.45) is 4.06. The number of amides is 1. The third kappa shape index (κ3) is 6.60. The van der Waals surface area contributed by atoms with Crippen molar-refractivity contribution < 1.29 is 28.9 Å². The van der Waals surface area contributed by atoms with Gasteiger partial charge in [0.15, 0.2) is 0 Å². The van der Waals surface area contributed by atoms with Gasteiger partial charge in [-0.2, -0.15) is 4.98 Å². The van der Waals surface area contributed by atoms with Crippen LogP contribution < -0.4 is 19.5 Å². The smallest absolute Gasteiger partial charge is 0.335 e. The SMILES string of the molecule is CCCCCC(CC(=O)Nc1cc(C(=O)O)ccc1OC)c1ccc(OC)nc1OC. The zero-order valence-corrected chi connectivity index (χ0v) is 18.4. The molecule has 8 heteroatoms. The molecule has 1 amide bonds. The molecule has 1 aromatic heterocycles. The summed E-state index contributed by atoms with van der Waals surface area (Å²) in [6, 6.07) is 7.97. The van der Waals surface area contributed by atoms with Crippen LogP contribution in [0.5, 0.6) is 17.5 Å². The van der Waals surface area contributed by atoms with E-state index in [4.69, 9.17) is 14.2 Å². The van der Waals surface area contributed by atoms with E-state index in [-0.39, 0.29) is 23.8 Å². The average Bonchev–Trinajstić information content (AvgIpc) is 2.77. The van der Waals surface area contributed by atoms with Gasteiger partial charge in [-0.05, 0) is 36.6 Å². The van der Waals surface area contributed by atoms with Crippen LogP contribution in [0.1, 0.15) is 60.9 Å². The summed E-state index contributed by atoms with van der Waals surface area (Å²) in [5.74, 6) is -0.185. The highest BCUT2D eigenvalue weighted by atomic mass is 16.5. The predicted molar refractivity (Wildman–Crippen MR) is 117 cm³/mol. The monoisotopic (exact) mass is 430 g/mol. The number of rotatable bonds is 12. The van der Waals surface area contributed by atoms with Crippen LogP contribution in [0.3, 0.4) is 0 Å². The van der Waals surface area contributed by atoms with E-state index in [9.17, 15) is 14.7 Å². The zero-order chi connectivity index (χ0) is 22.8. The standard InChI is InChI=1S/C23H30N2O6/c1-5-6-7-8-15(17-10-12-21(30-3)25-22(17)31-4)14-20(26)24-18-13-16(23(27)28)9-11-19(18)29-2/h9-13,15H,5-8,14H2,1-4H3,(H,24,26)(H,27,28). The van der Waals surface area contributed by atoms with Gasteiger partial charge in [0.25, 0.3) is 0 Å². The number of aromatic carboxylic acids is 1. The minimum atomic E-state index is -1.08. The molecule has 1 heterocycles. The van der Waals surface area contributed by atoms with Crippen molar-refractivity contribution in [2.45, 2.75) is 44.9 Å². The number of aromatic nitrogens is 1. The van der Waals surface area contributed by atoms with Crippen molar-refractivity contribution in [2.24, 2.45) is 0 Å². The van der Waals surface area contributed by atoms with E-state index >= 15 is 0 Å². The number of methoxy groups -OCH3 is 3. The van der Waals surface area contributed by atoms with Gasteiger partial charge in [0.1, 0.15) is 5.75 Å². The van der Waals surface area contributed by atoms with Crippen LogP contribution in [0, 0.1) is 0 Å². The number of nitrogens with one attached hydrogen (secondary N) is 1. The van der Waals surface area contributed by atoms with E-state index in [1.807, 2.05) is 6.07 Å². The molecular weight excluding hydrogens is 400 g/mol. The second-order valence-corrected chi connectivity index (χ2v) is 7.12. The van der Waals surface area contributed by atoms with Crippen molar-refractivity contribution in [3.8, 4) is 17.5 Å². The molecule has 0 saturated carbocycles. The van der Waals surface area contributed by atoms with Crippen LogP contribution >= 0.6 is 0 Å². The highest BCUT2D eigenvalue weighted by molar-refractivity contribution is 5.95. The lowest BCUT2D eigenvalue weighted by Gasteiger charge is -2.20. The van der Waals surface area contributed by atoms with Gasteiger partial charge in [0.2, 0.25) is 17.7 Å². The Hall–Kier alpha value is -3.29. The number of carbonyl (C=O) groups excluding carboxylic acids is 1. The van der Waals surface area contributed by atoms with E-state index < -0.39 is 5.97 Å². The number of anilines is 1. The maximum Gasteiger partial charge on any atom is 0.335 e.